The fourth-order valence-corrected chi connectivity index (χ4v) is 9.60. The Labute approximate surface area is 209 Å². The first-order valence-electron chi connectivity index (χ1n) is 13.6. The third-order valence-electron chi connectivity index (χ3n) is 10.4. The van der Waals surface area contributed by atoms with Crippen LogP contribution in [0.2, 0.25) is 0 Å². The van der Waals surface area contributed by atoms with Gasteiger partial charge in [0, 0.05) is 5.41 Å². The molecule has 5 aliphatic rings. The van der Waals surface area contributed by atoms with E-state index < -0.39 is 0 Å². The summed E-state index contributed by atoms with van der Waals surface area (Å²) in [6.45, 7) is 0. The zero-order valence-corrected chi connectivity index (χ0v) is 20.2. The molecule has 35 heavy (non-hydrogen) atoms. The van der Waals surface area contributed by atoms with E-state index in [0.717, 1.165) is 23.7 Å². The highest BCUT2D eigenvalue weighted by atomic mass is 14.7. The Hall–Kier alpha value is -3.12. The van der Waals surface area contributed by atoms with Crippen LogP contribution in [-0.4, -0.2) is 0 Å². The summed E-state index contributed by atoms with van der Waals surface area (Å²) in [4.78, 5) is 0. The summed E-state index contributed by atoms with van der Waals surface area (Å²) in [5.74, 6) is 3.45. The van der Waals surface area contributed by atoms with Crippen molar-refractivity contribution in [2.45, 2.75) is 42.9 Å². The quantitative estimate of drug-likeness (QED) is 0.288. The third kappa shape index (κ3) is 2.43. The largest absolute Gasteiger partial charge is 0.0707 e. The van der Waals surface area contributed by atoms with E-state index in [9.17, 15) is 0 Å². The van der Waals surface area contributed by atoms with Crippen LogP contribution in [-0.2, 0) is 10.8 Å². The molecule has 0 nitrogen and oxygen atoms in total. The lowest BCUT2D eigenvalue weighted by molar-refractivity contribution is -0.0440. The van der Waals surface area contributed by atoms with E-state index in [2.05, 4.69) is 109 Å². The molecule has 4 saturated carbocycles. The van der Waals surface area contributed by atoms with E-state index in [1.54, 1.807) is 11.1 Å². The van der Waals surface area contributed by atoms with Gasteiger partial charge >= 0.3 is 0 Å². The molecule has 0 unspecified atom stereocenters. The number of hydrogen-bond donors (Lipinski definition) is 0. The van der Waals surface area contributed by atoms with Crippen molar-refractivity contribution in [2.75, 3.05) is 0 Å². The maximum atomic E-state index is 2.52. The minimum absolute atomic E-state index is 0.160. The minimum Gasteiger partial charge on any atom is -0.0622 e. The summed E-state index contributed by atoms with van der Waals surface area (Å²) in [7, 11) is 0. The Morgan fingerprint density at radius 2 is 0.771 bits per heavy atom. The van der Waals surface area contributed by atoms with Gasteiger partial charge in [-0.2, -0.15) is 0 Å². The van der Waals surface area contributed by atoms with E-state index >= 15 is 0 Å². The lowest BCUT2D eigenvalue weighted by Gasteiger charge is -2.65. The van der Waals surface area contributed by atoms with Gasteiger partial charge in [0.25, 0.3) is 0 Å². The first kappa shape index (κ1) is 20.1. The van der Waals surface area contributed by atoms with Gasteiger partial charge in [-0.15, -0.1) is 0 Å². The van der Waals surface area contributed by atoms with Crippen molar-refractivity contribution >= 4 is 0 Å². The summed E-state index contributed by atoms with van der Waals surface area (Å²) in [5.41, 5.74) is 8.91. The van der Waals surface area contributed by atoms with E-state index in [1.165, 1.54) is 54.4 Å². The first-order chi connectivity index (χ1) is 17.3. The molecule has 4 bridgehead atoms. The Morgan fingerprint density at radius 1 is 0.400 bits per heavy atom. The van der Waals surface area contributed by atoms with Crippen LogP contribution in [0.3, 0.4) is 0 Å². The maximum Gasteiger partial charge on any atom is 0.0707 e. The molecule has 4 aromatic carbocycles. The van der Waals surface area contributed by atoms with Crippen molar-refractivity contribution in [3.63, 3.8) is 0 Å². The lowest BCUT2D eigenvalue weighted by atomic mass is 9.38. The van der Waals surface area contributed by atoms with Crippen molar-refractivity contribution < 1.29 is 0 Å². The molecule has 0 aliphatic heterocycles. The van der Waals surface area contributed by atoms with Crippen LogP contribution in [0, 0.1) is 23.7 Å². The van der Waals surface area contributed by atoms with E-state index in [0.29, 0.717) is 0 Å². The van der Waals surface area contributed by atoms with Gasteiger partial charge in [0.05, 0.1) is 5.41 Å². The van der Waals surface area contributed by atoms with Gasteiger partial charge in [-0.05, 0) is 89.2 Å². The molecule has 0 heteroatoms. The van der Waals surface area contributed by atoms with Crippen molar-refractivity contribution in [3.8, 4) is 0 Å². The van der Waals surface area contributed by atoms with Crippen LogP contribution in [0.4, 0.5) is 0 Å². The van der Waals surface area contributed by atoms with E-state index in [-0.39, 0.29) is 10.8 Å². The van der Waals surface area contributed by atoms with Crippen LogP contribution in [0.5, 0.6) is 0 Å². The summed E-state index contributed by atoms with van der Waals surface area (Å²) in [6, 6.07) is 41.8. The highest BCUT2D eigenvalue weighted by Gasteiger charge is 2.63. The van der Waals surface area contributed by atoms with Crippen LogP contribution in [0.1, 0.15) is 65.5 Å². The van der Waals surface area contributed by atoms with Crippen molar-refractivity contribution in [2.24, 2.45) is 23.7 Å². The molecule has 172 valence electrons. The van der Waals surface area contributed by atoms with Crippen LogP contribution >= 0.6 is 0 Å². The summed E-state index contributed by atoms with van der Waals surface area (Å²) >= 11 is 0. The average Bonchev–Trinajstić information content (AvgIpc) is 2.92. The predicted octanol–water partition coefficient (Wildman–Crippen LogP) is 8.12. The number of rotatable bonds is 2. The number of hydrogen-bond acceptors (Lipinski definition) is 0. The maximum absolute atomic E-state index is 2.52. The monoisotopic (exact) mass is 452 g/mol. The van der Waals surface area contributed by atoms with Gasteiger partial charge in [0.1, 0.15) is 0 Å². The van der Waals surface area contributed by atoms with Crippen LogP contribution < -0.4 is 0 Å². The summed E-state index contributed by atoms with van der Waals surface area (Å²) in [6.07, 6.45) is 7.15. The smallest absolute Gasteiger partial charge is 0.0622 e. The molecule has 0 heterocycles. The Bertz CT molecular complexity index is 1280. The Morgan fingerprint density at radius 3 is 1.20 bits per heavy atom. The second-order valence-electron chi connectivity index (χ2n) is 11.7. The Kier molecular flexibility index (Phi) is 4.14. The van der Waals surface area contributed by atoms with Gasteiger partial charge in [0.15, 0.2) is 0 Å². The van der Waals surface area contributed by atoms with Crippen molar-refractivity contribution in [1.29, 1.82) is 0 Å². The molecule has 1 spiro atoms. The number of benzene rings is 4. The van der Waals surface area contributed by atoms with Gasteiger partial charge in [-0.1, -0.05) is 109 Å². The first-order valence-corrected chi connectivity index (χ1v) is 13.6. The van der Waals surface area contributed by atoms with Crippen molar-refractivity contribution in [3.05, 3.63) is 143 Å². The second kappa shape index (κ2) is 7.20. The summed E-state index contributed by atoms with van der Waals surface area (Å²) in [5, 5.41) is 0. The van der Waals surface area contributed by atoms with Crippen LogP contribution in [0.15, 0.2) is 109 Å². The standard InChI is InChI=1S/C35H32/c1-3-11-26(12-4-1)34(27-13-5-2-6-14-27)30-15-7-9-17-32(30)35(33-18-10-8-16-31(33)34)28-20-24-19-25(22-28)23-29(35)21-24/h1-18,24-25,28-29H,19-23H2. The molecule has 0 N–H and O–H groups in total. The molecule has 4 aromatic rings. The molecular weight excluding hydrogens is 420 g/mol. The molecule has 5 aliphatic carbocycles. The lowest BCUT2D eigenvalue weighted by Crippen LogP contribution is -2.59. The molecule has 4 fully saturated rings. The average molecular weight is 453 g/mol. The molecular formula is C35H32. The molecule has 0 radical (unpaired) electrons. The molecule has 9 rings (SSSR count). The highest BCUT2D eigenvalue weighted by Crippen LogP contribution is 2.69. The van der Waals surface area contributed by atoms with E-state index in [1.807, 2.05) is 0 Å². The number of fused-ring (bicyclic) bond motifs is 2. The molecule has 0 amide bonds. The van der Waals surface area contributed by atoms with Gasteiger partial charge < -0.3 is 0 Å². The SMILES string of the molecule is c1ccc(C2(c3ccccc3)c3ccccc3C3(c4ccccc42)C2CC4CC(C2)CC3C4)cc1. The van der Waals surface area contributed by atoms with Gasteiger partial charge in [-0.3, -0.25) is 0 Å². The third-order valence-corrected chi connectivity index (χ3v) is 10.4. The minimum atomic E-state index is -0.296. The fraction of sp³-hybridized carbons (Fsp3) is 0.314. The second-order valence-corrected chi connectivity index (χ2v) is 11.7. The zero-order valence-electron chi connectivity index (χ0n) is 20.2. The fourth-order valence-electron chi connectivity index (χ4n) is 9.60. The van der Waals surface area contributed by atoms with E-state index in [4.69, 9.17) is 0 Å². The van der Waals surface area contributed by atoms with Gasteiger partial charge in [-0.25, -0.2) is 0 Å². The van der Waals surface area contributed by atoms with Gasteiger partial charge in [0.2, 0.25) is 0 Å². The summed E-state index contributed by atoms with van der Waals surface area (Å²) < 4.78 is 0. The molecule has 0 aromatic heterocycles. The van der Waals surface area contributed by atoms with Crippen molar-refractivity contribution in [1.82, 2.24) is 0 Å². The Balaban J connectivity index is 1.53. The predicted molar refractivity (Wildman–Crippen MR) is 143 cm³/mol. The molecule has 0 saturated heterocycles. The normalized spacial score (nSPS) is 28.5. The molecule has 0 atom stereocenters. The highest BCUT2D eigenvalue weighted by molar-refractivity contribution is 5.70. The van der Waals surface area contributed by atoms with Crippen LogP contribution in [0.25, 0.3) is 0 Å². The zero-order chi connectivity index (χ0) is 23.0. The topological polar surface area (TPSA) is 0 Å².